The number of aromatic nitrogens is 1. The summed E-state index contributed by atoms with van der Waals surface area (Å²) in [5.74, 6) is -0.995. The topological polar surface area (TPSA) is 121 Å². The van der Waals surface area contributed by atoms with Crippen molar-refractivity contribution in [3.05, 3.63) is 95.6 Å². The van der Waals surface area contributed by atoms with E-state index in [1.807, 2.05) is 54.8 Å². The van der Waals surface area contributed by atoms with Crippen LogP contribution in [0, 0.1) is 5.82 Å². The number of aliphatic carboxylic acids is 1. The van der Waals surface area contributed by atoms with Gasteiger partial charge in [-0.25, -0.2) is 4.39 Å². The van der Waals surface area contributed by atoms with Gasteiger partial charge >= 0.3 is 29.6 Å². The number of Topliss-reactive ketones (excluding diaryl/α,β-unsaturated/α-hetero) is 1. The second kappa shape index (κ2) is 16.9. The van der Waals surface area contributed by atoms with Gasteiger partial charge in [-0.3, -0.25) is 4.79 Å². The van der Waals surface area contributed by atoms with Gasteiger partial charge in [-0.05, 0) is 62.4 Å². The summed E-state index contributed by atoms with van der Waals surface area (Å²) in [6, 6.07) is 20.8. The number of aliphatic hydroxyl groups is 2. The van der Waals surface area contributed by atoms with Gasteiger partial charge in [0.1, 0.15) is 5.82 Å². The van der Waals surface area contributed by atoms with Gasteiger partial charge in [-0.15, -0.1) is 0 Å². The number of methoxy groups -OCH3 is 2. The number of carboxylic acids is 1. The monoisotopic (exact) mass is 639 g/mol. The van der Waals surface area contributed by atoms with Crippen LogP contribution in [0.1, 0.15) is 60.9 Å². The van der Waals surface area contributed by atoms with Gasteiger partial charge in [0.2, 0.25) is 0 Å². The molecule has 2 N–H and O–H groups in total. The van der Waals surface area contributed by atoms with Gasteiger partial charge in [-0.1, -0.05) is 54.6 Å². The number of ether oxygens (including phenoxy) is 2. The Balaban J connectivity index is 0.00000576. The molecule has 0 aliphatic carbocycles. The molecule has 0 radical (unpaired) electrons. The molecule has 1 aromatic heterocycles. The van der Waals surface area contributed by atoms with Crippen molar-refractivity contribution in [2.24, 2.45) is 0 Å². The molecule has 0 bridgehead atoms. The van der Waals surface area contributed by atoms with Crippen LogP contribution >= 0.6 is 0 Å². The summed E-state index contributed by atoms with van der Waals surface area (Å²) < 4.78 is 27.2. The van der Waals surface area contributed by atoms with Gasteiger partial charge in [-0.2, -0.15) is 0 Å². The van der Waals surface area contributed by atoms with E-state index in [9.17, 15) is 29.3 Å². The number of carbonyl (C=O) groups is 2. The average molecular weight is 640 g/mol. The van der Waals surface area contributed by atoms with E-state index in [1.54, 1.807) is 24.3 Å². The van der Waals surface area contributed by atoms with Crippen LogP contribution < -0.4 is 44.1 Å². The Kier molecular flexibility index (Phi) is 13.6. The van der Waals surface area contributed by atoms with E-state index in [4.69, 9.17) is 9.47 Å². The predicted octanol–water partition coefficient (Wildman–Crippen LogP) is 2.17. The number of carbonyl (C=O) groups excluding carboxylic acids is 2. The van der Waals surface area contributed by atoms with E-state index in [0.29, 0.717) is 40.3 Å². The van der Waals surface area contributed by atoms with Crippen molar-refractivity contribution in [2.45, 2.75) is 64.2 Å². The zero-order chi connectivity index (χ0) is 32.7. The van der Waals surface area contributed by atoms with Gasteiger partial charge in [0.15, 0.2) is 17.3 Å². The Hall–Kier alpha value is -3.47. The molecule has 0 fully saturated rings. The van der Waals surface area contributed by atoms with Gasteiger partial charge in [0, 0.05) is 47.2 Å². The third-order valence-corrected chi connectivity index (χ3v) is 7.78. The van der Waals surface area contributed by atoms with Crippen molar-refractivity contribution in [3.8, 4) is 33.8 Å². The molecule has 0 unspecified atom stereocenters. The smallest absolute Gasteiger partial charge is 0.550 e. The quantitative estimate of drug-likeness (QED) is 0.151. The summed E-state index contributed by atoms with van der Waals surface area (Å²) in [5, 5.41) is 31.8. The fourth-order valence-electron chi connectivity index (χ4n) is 5.90. The van der Waals surface area contributed by atoms with Gasteiger partial charge < -0.3 is 34.2 Å². The molecule has 0 saturated heterocycles. The number of halogens is 1. The van der Waals surface area contributed by atoms with Gasteiger partial charge in [0.05, 0.1) is 32.1 Å². The Morgan fingerprint density at radius 1 is 0.870 bits per heavy atom. The first-order valence-corrected chi connectivity index (χ1v) is 14.9. The van der Waals surface area contributed by atoms with E-state index in [-0.39, 0.29) is 60.6 Å². The van der Waals surface area contributed by atoms with Crippen LogP contribution in [-0.4, -0.2) is 53.0 Å². The van der Waals surface area contributed by atoms with Crippen LogP contribution in [-0.2, 0) is 17.6 Å². The molecule has 0 saturated carbocycles. The molecule has 3 aromatic carbocycles. The van der Waals surface area contributed by atoms with Crippen molar-refractivity contribution >= 4 is 11.8 Å². The van der Waals surface area contributed by atoms with Gasteiger partial charge in [0.25, 0.3) is 0 Å². The first-order valence-electron chi connectivity index (χ1n) is 14.9. The molecule has 238 valence electrons. The summed E-state index contributed by atoms with van der Waals surface area (Å²) in [6.07, 6.45) is -2.51. The van der Waals surface area contributed by atoms with Crippen molar-refractivity contribution in [1.29, 1.82) is 0 Å². The molecule has 4 aromatic rings. The summed E-state index contributed by atoms with van der Waals surface area (Å²) in [7, 11) is 3.06. The fourth-order valence-corrected chi connectivity index (χ4v) is 5.90. The number of nitrogens with zero attached hydrogens (tertiary/aromatic N) is 1. The maximum atomic E-state index is 14.5. The van der Waals surface area contributed by atoms with E-state index in [0.717, 1.165) is 16.8 Å². The Labute approximate surface area is 291 Å². The van der Waals surface area contributed by atoms with E-state index < -0.39 is 30.4 Å². The van der Waals surface area contributed by atoms with E-state index in [1.165, 1.54) is 26.4 Å². The number of rotatable bonds is 15. The number of para-hydroxylation sites is 1. The third-order valence-electron chi connectivity index (χ3n) is 7.78. The molecule has 0 aliphatic rings. The molecule has 10 heteroatoms. The minimum atomic E-state index is -1.40. The van der Waals surface area contributed by atoms with E-state index in [2.05, 4.69) is 0 Å². The predicted molar refractivity (Wildman–Crippen MR) is 168 cm³/mol. The SMILES string of the molecule is COc1cccc(CC(=O)c2c(-c3ccccc3)c(-c3ccc(F)cc3)c(CC[C@@H](O)C[C@@H](O)CC(=O)[O-])n2C(C)C)c1OC.[Na+]. The molecule has 4 rings (SSSR count). The maximum absolute atomic E-state index is 14.5. The largest absolute Gasteiger partial charge is 1.00 e. The van der Waals surface area contributed by atoms with Crippen molar-refractivity contribution < 1.29 is 68.3 Å². The molecule has 0 amide bonds. The summed E-state index contributed by atoms with van der Waals surface area (Å²) in [4.78, 5) is 25.4. The summed E-state index contributed by atoms with van der Waals surface area (Å²) in [5.41, 5.74) is 4.78. The maximum Gasteiger partial charge on any atom is 1.00 e. The number of ketones is 1. The number of aliphatic hydroxyl groups excluding tert-OH is 2. The van der Waals surface area contributed by atoms with Crippen LogP contribution in [0.2, 0.25) is 0 Å². The molecule has 0 spiro atoms. The van der Waals surface area contributed by atoms with E-state index >= 15 is 0 Å². The molecule has 46 heavy (non-hydrogen) atoms. The first-order chi connectivity index (χ1) is 21.5. The number of carboxylic acid groups (broad SMARTS) is 1. The molecule has 1 heterocycles. The molecule has 8 nitrogen and oxygen atoms in total. The zero-order valence-electron chi connectivity index (χ0n) is 27.0. The second-order valence-electron chi connectivity index (χ2n) is 11.3. The Bertz CT molecular complexity index is 1620. The molecular formula is C36H39FNNaO7. The second-order valence-corrected chi connectivity index (χ2v) is 11.3. The van der Waals surface area contributed by atoms with Crippen LogP contribution in [0.4, 0.5) is 4.39 Å². The standard InChI is InChI=1S/C36H40FNO7.Na/c1-22(2)38-29(18-17-27(39)20-28(40)21-32(42)43)33(24-13-15-26(37)16-14-24)34(23-9-6-5-7-10-23)35(38)30(41)19-25-11-8-12-31(44-3)36(25)45-4;/h5-16,22,27-28,39-40H,17-21H2,1-4H3,(H,42,43);/q;+1/p-1/t27-,28-;/m1./s1. The van der Waals surface area contributed by atoms with Crippen molar-refractivity contribution in [1.82, 2.24) is 4.57 Å². The average Bonchev–Trinajstić information content (AvgIpc) is 3.35. The van der Waals surface area contributed by atoms with Crippen molar-refractivity contribution in [2.75, 3.05) is 14.2 Å². The molecule has 2 atom stereocenters. The Morgan fingerprint density at radius 2 is 1.52 bits per heavy atom. The van der Waals surface area contributed by atoms with Crippen molar-refractivity contribution in [3.63, 3.8) is 0 Å². The Morgan fingerprint density at radius 3 is 2.11 bits per heavy atom. The number of benzene rings is 3. The van der Waals surface area contributed by atoms with Crippen LogP contribution in [0.3, 0.4) is 0 Å². The van der Waals surface area contributed by atoms with Crippen LogP contribution in [0.25, 0.3) is 22.3 Å². The number of hydrogen-bond acceptors (Lipinski definition) is 7. The first kappa shape index (κ1) is 37.0. The fraction of sp³-hybridized carbons (Fsp3) is 0.333. The normalized spacial score (nSPS) is 12.3. The minimum absolute atomic E-state index is 0. The third kappa shape index (κ3) is 8.66. The van der Waals surface area contributed by atoms with Crippen LogP contribution in [0.5, 0.6) is 11.5 Å². The zero-order valence-corrected chi connectivity index (χ0v) is 29.0. The summed E-state index contributed by atoms with van der Waals surface area (Å²) >= 11 is 0. The minimum Gasteiger partial charge on any atom is -0.550 e. The van der Waals surface area contributed by atoms with Crippen LogP contribution in [0.15, 0.2) is 72.8 Å². The molecular weight excluding hydrogens is 600 g/mol. The molecule has 0 aliphatic heterocycles. The summed E-state index contributed by atoms with van der Waals surface area (Å²) in [6.45, 7) is 3.94. The number of hydrogen-bond donors (Lipinski definition) is 2.